The van der Waals surface area contributed by atoms with Gasteiger partial charge in [0.2, 0.25) is 0 Å². The highest BCUT2D eigenvalue weighted by Crippen LogP contribution is 2.20. The molecule has 4 N–H and O–H groups in total. The van der Waals surface area contributed by atoms with Gasteiger partial charge in [0.1, 0.15) is 5.82 Å². The monoisotopic (exact) mass is 316 g/mol. The van der Waals surface area contributed by atoms with Gasteiger partial charge in [0.25, 0.3) is 0 Å². The van der Waals surface area contributed by atoms with Crippen LogP contribution >= 0.6 is 15.9 Å². The van der Waals surface area contributed by atoms with E-state index in [0.717, 1.165) is 29.7 Å². The second kappa shape index (κ2) is 7.56. The summed E-state index contributed by atoms with van der Waals surface area (Å²) in [5, 5.41) is 12.1. The van der Waals surface area contributed by atoms with Gasteiger partial charge in [0.05, 0.1) is 5.69 Å². The zero-order valence-electron chi connectivity index (χ0n) is 10.9. The number of aliphatic hydroxyl groups is 1. The van der Waals surface area contributed by atoms with Crippen molar-refractivity contribution in [3.8, 4) is 0 Å². The minimum Gasteiger partial charge on any atom is -0.396 e. The Balaban J connectivity index is 2.46. The molecule has 1 atom stereocenters. The number of nitrogen functional groups attached to an aromatic ring is 1. The Morgan fingerprint density at radius 2 is 2.33 bits per heavy atom. The zero-order valence-corrected chi connectivity index (χ0v) is 12.4. The average molecular weight is 317 g/mol. The van der Waals surface area contributed by atoms with Gasteiger partial charge in [-0.05, 0) is 42.4 Å². The molecule has 1 aromatic rings. The zero-order chi connectivity index (χ0) is 13.5. The van der Waals surface area contributed by atoms with E-state index in [1.807, 2.05) is 13.1 Å². The SMILES string of the molecule is CC(CNc1cc(Br)cnc1N)N(C)CCCO. The highest BCUT2D eigenvalue weighted by molar-refractivity contribution is 9.10. The van der Waals surface area contributed by atoms with Crippen molar-refractivity contribution in [1.82, 2.24) is 9.88 Å². The lowest BCUT2D eigenvalue weighted by molar-refractivity contribution is 0.220. The molecule has 102 valence electrons. The lowest BCUT2D eigenvalue weighted by atomic mass is 10.2. The molecule has 0 aliphatic heterocycles. The highest BCUT2D eigenvalue weighted by atomic mass is 79.9. The van der Waals surface area contributed by atoms with Gasteiger partial charge in [-0.3, -0.25) is 0 Å². The van der Waals surface area contributed by atoms with Gasteiger partial charge in [0.15, 0.2) is 0 Å². The van der Waals surface area contributed by atoms with Crippen LogP contribution in [0.2, 0.25) is 0 Å². The van der Waals surface area contributed by atoms with Crippen molar-refractivity contribution in [2.45, 2.75) is 19.4 Å². The number of aliphatic hydroxyl groups excluding tert-OH is 1. The van der Waals surface area contributed by atoms with Gasteiger partial charge in [-0.25, -0.2) is 4.98 Å². The summed E-state index contributed by atoms with van der Waals surface area (Å²) >= 11 is 3.37. The summed E-state index contributed by atoms with van der Waals surface area (Å²) in [6.07, 6.45) is 2.47. The maximum absolute atomic E-state index is 8.80. The molecule has 0 aliphatic rings. The second-order valence-electron chi connectivity index (χ2n) is 4.37. The maximum atomic E-state index is 8.80. The normalized spacial score (nSPS) is 12.7. The van der Waals surface area contributed by atoms with E-state index in [-0.39, 0.29) is 6.61 Å². The number of aromatic nitrogens is 1. The minimum atomic E-state index is 0.229. The molecule has 0 fully saturated rings. The Hall–Kier alpha value is -0.850. The molecule has 1 aromatic heterocycles. The van der Waals surface area contributed by atoms with Crippen LogP contribution in [0, 0.1) is 0 Å². The lowest BCUT2D eigenvalue weighted by Crippen LogP contribution is -2.35. The molecule has 1 unspecified atom stereocenters. The number of hydrogen-bond donors (Lipinski definition) is 3. The van der Waals surface area contributed by atoms with Crippen molar-refractivity contribution >= 4 is 27.4 Å². The first-order valence-electron chi connectivity index (χ1n) is 6.00. The molecule has 1 rings (SSSR count). The smallest absolute Gasteiger partial charge is 0.146 e. The van der Waals surface area contributed by atoms with Crippen LogP contribution < -0.4 is 11.1 Å². The van der Waals surface area contributed by atoms with Gasteiger partial charge in [-0.1, -0.05) is 0 Å². The van der Waals surface area contributed by atoms with Crippen molar-refractivity contribution in [3.05, 3.63) is 16.7 Å². The van der Waals surface area contributed by atoms with Crippen LogP contribution in [0.15, 0.2) is 16.7 Å². The third kappa shape index (κ3) is 4.80. The number of anilines is 2. The lowest BCUT2D eigenvalue weighted by Gasteiger charge is -2.25. The summed E-state index contributed by atoms with van der Waals surface area (Å²) in [5.74, 6) is 0.503. The van der Waals surface area contributed by atoms with Gasteiger partial charge in [0, 0.05) is 36.4 Å². The van der Waals surface area contributed by atoms with Crippen LogP contribution in [-0.2, 0) is 0 Å². The Bertz CT molecular complexity index is 375. The summed E-state index contributed by atoms with van der Waals surface area (Å²) in [5.41, 5.74) is 6.63. The van der Waals surface area contributed by atoms with E-state index in [9.17, 15) is 0 Å². The van der Waals surface area contributed by atoms with Gasteiger partial charge in [-0.2, -0.15) is 0 Å². The fourth-order valence-corrected chi connectivity index (χ4v) is 1.88. The number of likely N-dealkylation sites (N-methyl/N-ethyl adjacent to an activating group) is 1. The molecule has 0 saturated heterocycles. The van der Waals surface area contributed by atoms with Gasteiger partial charge < -0.3 is 21.1 Å². The van der Waals surface area contributed by atoms with Crippen LogP contribution in [0.1, 0.15) is 13.3 Å². The van der Waals surface area contributed by atoms with E-state index < -0.39 is 0 Å². The van der Waals surface area contributed by atoms with Crippen LogP contribution in [0.25, 0.3) is 0 Å². The van der Waals surface area contributed by atoms with Crippen LogP contribution in [0.3, 0.4) is 0 Å². The first-order valence-corrected chi connectivity index (χ1v) is 6.80. The molecular weight excluding hydrogens is 296 g/mol. The van der Waals surface area contributed by atoms with E-state index in [2.05, 4.69) is 38.1 Å². The van der Waals surface area contributed by atoms with E-state index in [0.29, 0.717) is 11.9 Å². The number of rotatable bonds is 7. The topological polar surface area (TPSA) is 74.4 Å². The number of nitrogens with one attached hydrogen (secondary N) is 1. The van der Waals surface area contributed by atoms with E-state index in [1.165, 1.54) is 0 Å². The predicted molar refractivity (Wildman–Crippen MR) is 78.6 cm³/mol. The maximum Gasteiger partial charge on any atom is 0.146 e. The molecule has 0 aromatic carbocycles. The quantitative estimate of drug-likeness (QED) is 0.711. The molecule has 0 radical (unpaired) electrons. The third-order valence-electron chi connectivity index (χ3n) is 2.89. The summed E-state index contributed by atoms with van der Waals surface area (Å²) in [6.45, 7) is 4.02. The summed E-state index contributed by atoms with van der Waals surface area (Å²) in [4.78, 5) is 6.27. The minimum absolute atomic E-state index is 0.229. The number of pyridine rings is 1. The Morgan fingerprint density at radius 1 is 1.61 bits per heavy atom. The Kier molecular flexibility index (Phi) is 6.38. The molecule has 1 heterocycles. The number of nitrogens with two attached hydrogens (primary N) is 1. The standard InChI is InChI=1S/C12H21BrN4O/c1-9(17(2)4-3-5-18)7-15-11-6-10(13)8-16-12(11)14/h6,8-9,15,18H,3-5,7H2,1-2H3,(H2,14,16). The van der Waals surface area contributed by atoms with Crippen molar-refractivity contribution < 1.29 is 5.11 Å². The van der Waals surface area contributed by atoms with E-state index >= 15 is 0 Å². The molecular formula is C12H21BrN4O. The van der Waals surface area contributed by atoms with Crippen LogP contribution in [0.5, 0.6) is 0 Å². The van der Waals surface area contributed by atoms with Crippen LogP contribution in [0.4, 0.5) is 11.5 Å². The van der Waals surface area contributed by atoms with E-state index in [4.69, 9.17) is 10.8 Å². The fraction of sp³-hybridized carbons (Fsp3) is 0.583. The first kappa shape index (κ1) is 15.2. The average Bonchev–Trinajstić information content (AvgIpc) is 2.36. The highest BCUT2D eigenvalue weighted by Gasteiger charge is 2.09. The number of hydrogen-bond acceptors (Lipinski definition) is 5. The molecule has 0 bridgehead atoms. The van der Waals surface area contributed by atoms with Crippen molar-refractivity contribution in [1.29, 1.82) is 0 Å². The fourth-order valence-electron chi connectivity index (χ4n) is 1.55. The van der Waals surface area contributed by atoms with Gasteiger partial charge in [-0.15, -0.1) is 0 Å². The van der Waals surface area contributed by atoms with Crippen molar-refractivity contribution in [2.24, 2.45) is 0 Å². The third-order valence-corrected chi connectivity index (χ3v) is 3.33. The second-order valence-corrected chi connectivity index (χ2v) is 5.29. The van der Waals surface area contributed by atoms with Crippen LogP contribution in [-0.4, -0.2) is 47.8 Å². The molecule has 5 nitrogen and oxygen atoms in total. The summed E-state index contributed by atoms with van der Waals surface area (Å²) < 4.78 is 0.903. The molecule has 0 spiro atoms. The summed E-state index contributed by atoms with van der Waals surface area (Å²) in [6, 6.07) is 2.28. The van der Waals surface area contributed by atoms with Gasteiger partial charge >= 0.3 is 0 Å². The number of halogens is 1. The molecule has 0 amide bonds. The first-order chi connectivity index (χ1) is 8.54. The number of nitrogens with zero attached hydrogens (tertiary/aromatic N) is 2. The Morgan fingerprint density at radius 3 is 3.00 bits per heavy atom. The van der Waals surface area contributed by atoms with E-state index in [1.54, 1.807) is 6.20 Å². The summed E-state index contributed by atoms with van der Waals surface area (Å²) in [7, 11) is 2.05. The van der Waals surface area contributed by atoms with Crippen molar-refractivity contribution in [2.75, 3.05) is 37.8 Å². The molecule has 6 heteroatoms. The molecule has 0 saturated carbocycles. The molecule has 18 heavy (non-hydrogen) atoms. The predicted octanol–water partition coefficient (Wildman–Crippen LogP) is 1.54. The largest absolute Gasteiger partial charge is 0.396 e. The van der Waals surface area contributed by atoms with Crippen molar-refractivity contribution in [3.63, 3.8) is 0 Å². The Labute approximate surface area is 117 Å². The molecule has 0 aliphatic carbocycles.